The Kier molecular flexibility index (Phi) is 5.68. The molecule has 0 bridgehead atoms. The Labute approximate surface area is 160 Å². The number of hydrogen-bond acceptors (Lipinski definition) is 2. The molecule has 0 atom stereocenters. The fraction of sp³-hybridized carbons (Fsp3) is 0.143. The molecule has 2 amide bonds. The van der Waals surface area contributed by atoms with E-state index in [1.807, 2.05) is 61.5 Å². The van der Waals surface area contributed by atoms with Crippen molar-refractivity contribution in [2.75, 3.05) is 11.9 Å². The Morgan fingerprint density at radius 3 is 2.50 bits per heavy atom. The highest BCUT2D eigenvalue weighted by Crippen LogP contribution is 2.20. The lowest BCUT2D eigenvalue weighted by Gasteiger charge is -2.08. The quantitative estimate of drug-likeness (QED) is 0.641. The van der Waals surface area contributed by atoms with E-state index in [2.05, 4.69) is 26.6 Å². The van der Waals surface area contributed by atoms with Crippen molar-refractivity contribution < 1.29 is 9.59 Å². The van der Waals surface area contributed by atoms with Gasteiger partial charge in [-0.2, -0.15) is 0 Å². The highest BCUT2D eigenvalue weighted by molar-refractivity contribution is 9.10. The van der Waals surface area contributed by atoms with E-state index in [9.17, 15) is 9.59 Å². The van der Waals surface area contributed by atoms with Gasteiger partial charge in [0.15, 0.2) is 0 Å². The number of carbonyl (C=O) groups excluding carboxylic acids is 2. The minimum atomic E-state index is -0.178. The molecule has 0 aliphatic rings. The maximum Gasteiger partial charge on any atom is 0.251 e. The van der Waals surface area contributed by atoms with Crippen LogP contribution in [-0.2, 0) is 4.79 Å². The predicted octanol–water partition coefficient (Wildman–Crippen LogP) is 4.67. The lowest BCUT2D eigenvalue weighted by molar-refractivity contribution is -0.116. The molecule has 0 fully saturated rings. The summed E-state index contributed by atoms with van der Waals surface area (Å²) in [6, 6.07) is 19.1. The Balaban J connectivity index is 1.52. The first-order valence-corrected chi connectivity index (χ1v) is 9.15. The molecule has 0 aliphatic carbocycles. The average molecular weight is 411 g/mol. The third-order valence-electron chi connectivity index (χ3n) is 4.09. The zero-order valence-electron chi connectivity index (χ0n) is 14.4. The Bertz CT molecular complexity index is 969. The first-order valence-electron chi connectivity index (χ1n) is 8.36. The molecule has 0 heterocycles. The Hall–Kier alpha value is -2.66. The summed E-state index contributed by atoms with van der Waals surface area (Å²) in [6.45, 7) is 2.25. The highest BCUT2D eigenvalue weighted by Gasteiger charge is 2.08. The van der Waals surface area contributed by atoms with Crippen molar-refractivity contribution in [1.29, 1.82) is 0 Å². The van der Waals surface area contributed by atoms with E-state index in [1.165, 1.54) is 0 Å². The maximum atomic E-state index is 12.3. The summed E-state index contributed by atoms with van der Waals surface area (Å²) in [5.41, 5.74) is 2.39. The molecule has 0 radical (unpaired) electrons. The fourth-order valence-electron chi connectivity index (χ4n) is 2.67. The second-order valence-electron chi connectivity index (χ2n) is 6.08. The van der Waals surface area contributed by atoms with Crippen molar-refractivity contribution in [2.45, 2.75) is 13.3 Å². The van der Waals surface area contributed by atoms with Crippen LogP contribution in [0.3, 0.4) is 0 Å². The van der Waals surface area contributed by atoms with Gasteiger partial charge >= 0.3 is 0 Å². The Morgan fingerprint density at radius 2 is 1.73 bits per heavy atom. The normalized spacial score (nSPS) is 10.5. The molecule has 0 spiro atoms. The van der Waals surface area contributed by atoms with E-state index in [0.29, 0.717) is 5.56 Å². The average Bonchev–Trinajstić information content (AvgIpc) is 2.64. The van der Waals surface area contributed by atoms with Crippen molar-refractivity contribution in [2.24, 2.45) is 0 Å². The zero-order chi connectivity index (χ0) is 18.5. The van der Waals surface area contributed by atoms with Crippen molar-refractivity contribution in [3.63, 3.8) is 0 Å². The van der Waals surface area contributed by atoms with Gasteiger partial charge in [-0.05, 0) is 53.6 Å². The summed E-state index contributed by atoms with van der Waals surface area (Å²) in [5.74, 6) is -0.312. The van der Waals surface area contributed by atoms with Crippen LogP contribution < -0.4 is 10.6 Å². The number of halogens is 1. The summed E-state index contributed by atoms with van der Waals surface area (Å²) >= 11 is 3.43. The standard InChI is InChI=1S/C21H19BrN2O2/c1-14-12-18(8-9-19(14)22)24-20(25)10-11-23-21(26)17-7-6-15-4-2-3-5-16(15)13-17/h2-9,12-13H,10-11H2,1H3,(H,23,26)(H,24,25). The molecule has 4 nitrogen and oxygen atoms in total. The summed E-state index contributed by atoms with van der Waals surface area (Å²) in [4.78, 5) is 24.3. The molecule has 5 heteroatoms. The van der Waals surface area contributed by atoms with Gasteiger partial charge in [-0.25, -0.2) is 0 Å². The first kappa shape index (κ1) is 18.1. The van der Waals surface area contributed by atoms with Crippen LogP contribution >= 0.6 is 15.9 Å². The number of fused-ring (bicyclic) bond motifs is 1. The molecule has 0 aromatic heterocycles. The molecule has 132 valence electrons. The van der Waals surface area contributed by atoms with E-state index in [0.717, 1.165) is 26.5 Å². The van der Waals surface area contributed by atoms with Crippen LogP contribution in [0.4, 0.5) is 5.69 Å². The molecular weight excluding hydrogens is 392 g/mol. The number of amides is 2. The van der Waals surface area contributed by atoms with Crippen LogP contribution in [0.2, 0.25) is 0 Å². The highest BCUT2D eigenvalue weighted by atomic mass is 79.9. The maximum absolute atomic E-state index is 12.3. The molecule has 26 heavy (non-hydrogen) atoms. The van der Waals surface area contributed by atoms with Crippen LogP contribution in [0.1, 0.15) is 22.3 Å². The van der Waals surface area contributed by atoms with Gasteiger partial charge in [-0.1, -0.05) is 46.3 Å². The summed E-state index contributed by atoms with van der Waals surface area (Å²) in [6.07, 6.45) is 0.217. The second kappa shape index (κ2) is 8.15. The lowest BCUT2D eigenvalue weighted by Crippen LogP contribution is -2.27. The molecular formula is C21H19BrN2O2. The van der Waals surface area contributed by atoms with Crippen molar-refractivity contribution in [3.05, 3.63) is 76.3 Å². The van der Waals surface area contributed by atoms with Crippen molar-refractivity contribution >= 4 is 44.2 Å². The van der Waals surface area contributed by atoms with Gasteiger partial charge in [-0.15, -0.1) is 0 Å². The molecule has 3 aromatic carbocycles. The third-order valence-corrected chi connectivity index (χ3v) is 4.98. The van der Waals surface area contributed by atoms with Crippen LogP contribution in [0.5, 0.6) is 0 Å². The van der Waals surface area contributed by atoms with E-state index in [-0.39, 0.29) is 24.8 Å². The Morgan fingerprint density at radius 1 is 0.962 bits per heavy atom. The smallest absolute Gasteiger partial charge is 0.251 e. The fourth-order valence-corrected chi connectivity index (χ4v) is 2.91. The van der Waals surface area contributed by atoms with Crippen molar-refractivity contribution in [3.8, 4) is 0 Å². The summed E-state index contributed by atoms with van der Waals surface area (Å²) < 4.78 is 0.998. The molecule has 2 N–H and O–H groups in total. The minimum absolute atomic E-state index is 0.134. The largest absolute Gasteiger partial charge is 0.352 e. The van der Waals surface area contributed by atoms with Gasteiger partial charge in [-0.3, -0.25) is 9.59 Å². The topological polar surface area (TPSA) is 58.2 Å². The van der Waals surface area contributed by atoms with Crippen LogP contribution in [0.15, 0.2) is 65.1 Å². The molecule has 3 rings (SSSR count). The van der Waals surface area contributed by atoms with Gasteiger partial charge in [0.05, 0.1) is 0 Å². The van der Waals surface area contributed by atoms with E-state index < -0.39 is 0 Å². The third kappa shape index (κ3) is 4.49. The number of benzene rings is 3. The minimum Gasteiger partial charge on any atom is -0.352 e. The molecule has 0 saturated heterocycles. The number of rotatable bonds is 5. The SMILES string of the molecule is Cc1cc(NC(=O)CCNC(=O)c2ccc3ccccc3c2)ccc1Br. The number of aryl methyl sites for hydroxylation is 1. The number of carbonyl (C=O) groups is 2. The van der Waals surface area contributed by atoms with Gasteiger partial charge in [0, 0.05) is 28.7 Å². The van der Waals surface area contributed by atoms with E-state index in [4.69, 9.17) is 0 Å². The first-order chi connectivity index (χ1) is 12.5. The molecule has 3 aromatic rings. The van der Waals surface area contributed by atoms with Crippen molar-refractivity contribution in [1.82, 2.24) is 5.32 Å². The van der Waals surface area contributed by atoms with Gasteiger partial charge in [0.25, 0.3) is 5.91 Å². The van der Waals surface area contributed by atoms with Crippen LogP contribution in [0, 0.1) is 6.92 Å². The molecule has 0 aliphatic heterocycles. The molecule has 0 saturated carbocycles. The van der Waals surface area contributed by atoms with Crippen LogP contribution in [-0.4, -0.2) is 18.4 Å². The lowest BCUT2D eigenvalue weighted by atomic mass is 10.1. The number of hydrogen-bond donors (Lipinski definition) is 2. The predicted molar refractivity (Wildman–Crippen MR) is 108 cm³/mol. The van der Waals surface area contributed by atoms with Gasteiger partial charge < -0.3 is 10.6 Å². The van der Waals surface area contributed by atoms with Gasteiger partial charge in [0.2, 0.25) is 5.91 Å². The zero-order valence-corrected chi connectivity index (χ0v) is 16.0. The summed E-state index contributed by atoms with van der Waals surface area (Å²) in [5, 5.41) is 7.74. The van der Waals surface area contributed by atoms with Gasteiger partial charge in [0.1, 0.15) is 0 Å². The molecule has 0 unspecified atom stereocenters. The number of nitrogens with one attached hydrogen (secondary N) is 2. The summed E-state index contributed by atoms with van der Waals surface area (Å²) in [7, 11) is 0. The van der Waals surface area contributed by atoms with Crippen LogP contribution in [0.25, 0.3) is 10.8 Å². The van der Waals surface area contributed by atoms with E-state index in [1.54, 1.807) is 6.07 Å². The van der Waals surface area contributed by atoms with E-state index >= 15 is 0 Å². The number of anilines is 1. The monoisotopic (exact) mass is 410 g/mol. The second-order valence-corrected chi connectivity index (χ2v) is 6.93.